The Labute approximate surface area is 126 Å². The molecule has 1 heterocycles. The maximum absolute atomic E-state index is 6.10. The standard InChI is InChI=1S/C18H18OSe/c1-13(2)19-16-12-18(14-8-4-3-5-9-14)20-17-11-7-6-10-15(16)17/h3-13,16H,1-2H3. The van der Waals surface area contributed by atoms with Gasteiger partial charge in [-0.25, -0.2) is 0 Å². The topological polar surface area (TPSA) is 9.23 Å². The number of ether oxygens (including phenoxy) is 1. The van der Waals surface area contributed by atoms with E-state index in [0.29, 0.717) is 15.0 Å². The van der Waals surface area contributed by atoms with Crippen molar-refractivity contribution >= 4 is 23.9 Å². The second-order valence-electron chi connectivity index (χ2n) is 5.14. The second-order valence-corrected chi connectivity index (χ2v) is 7.42. The van der Waals surface area contributed by atoms with Crippen molar-refractivity contribution in [2.24, 2.45) is 0 Å². The minimum absolute atomic E-state index is 0.0806. The minimum atomic E-state index is 0.0806. The van der Waals surface area contributed by atoms with Crippen molar-refractivity contribution in [2.75, 3.05) is 0 Å². The van der Waals surface area contributed by atoms with Crippen LogP contribution >= 0.6 is 0 Å². The van der Waals surface area contributed by atoms with E-state index in [1.807, 2.05) is 0 Å². The fraction of sp³-hybridized carbons (Fsp3) is 0.222. The molecule has 1 unspecified atom stereocenters. The second kappa shape index (κ2) is 5.97. The van der Waals surface area contributed by atoms with Crippen LogP contribution in [0.1, 0.15) is 31.1 Å². The van der Waals surface area contributed by atoms with E-state index in [4.69, 9.17) is 4.74 Å². The van der Waals surface area contributed by atoms with Gasteiger partial charge in [0.05, 0.1) is 0 Å². The molecule has 2 aromatic rings. The van der Waals surface area contributed by atoms with Crippen LogP contribution in [0.25, 0.3) is 4.47 Å². The molecule has 3 rings (SSSR count). The van der Waals surface area contributed by atoms with Crippen LogP contribution < -0.4 is 4.46 Å². The molecular formula is C18H18OSe. The van der Waals surface area contributed by atoms with E-state index in [-0.39, 0.29) is 12.2 Å². The average molecular weight is 329 g/mol. The maximum atomic E-state index is 6.10. The van der Waals surface area contributed by atoms with Crippen LogP contribution in [0.15, 0.2) is 60.7 Å². The molecule has 1 aliphatic rings. The van der Waals surface area contributed by atoms with E-state index in [9.17, 15) is 0 Å². The van der Waals surface area contributed by atoms with Gasteiger partial charge >= 0.3 is 126 Å². The molecule has 1 nitrogen and oxygen atoms in total. The Morgan fingerprint density at radius 1 is 0.950 bits per heavy atom. The molecule has 0 fully saturated rings. The predicted molar refractivity (Wildman–Crippen MR) is 85.2 cm³/mol. The molecule has 0 N–H and O–H groups in total. The Kier molecular flexibility index (Phi) is 4.07. The quantitative estimate of drug-likeness (QED) is 0.783. The summed E-state index contributed by atoms with van der Waals surface area (Å²) in [6, 6.07) is 19.3. The van der Waals surface area contributed by atoms with Crippen molar-refractivity contribution < 1.29 is 4.74 Å². The van der Waals surface area contributed by atoms with Crippen LogP contribution in [0.5, 0.6) is 0 Å². The van der Waals surface area contributed by atoms with E-state index < -0.39 is 0 Å². The Morgan fingerprint density at radius 2 is 1.65 bits per heavy atom. The fourth-order valence-corrected chi connectivity index (χ4v) is 4.72. The van der Waals surface area contributed by atoms with E-state index in [1.165, 1.54) is 20.1 Å². The predicted octanol–water partition coefficient (Wildman–Crippen LogP) is 3.54. The summed E-state index contributed by atoms with van der Waals surface area (Å²) in [6.07, 6.45) is 2.61. The first-order valence-corrected chi connectivity index (χ1v) is 8.65. The molecule has 1 atom stereocenters. The summed E-state index contributed by atoms with van der Waals surface area (Å²) >= 11 is 0.356. The molecule has 0 aromatic heterocycles. The Bertz CT molecular complexity index is 616. The first-order chi connectivity index (χ1) is 9.74. The van der Waals surface area contributed by atoms with Crippen molar-refractivity contribution in [3.05, 3.63) is 71.8 Å². The van der Waals surface area contributed by atoms with Gasteiger partial charge < -0.3 is 0 Å². The number of fused-ring (bicyclic) bond motifs is 1. The molecule has 0 saturated carbocycles. The van der Waals surface area contributed by atoms with E-state index in [0.717, 1.165) is 0 Å². The normalized spacial score (nSPS) is 17.8. The SMILES string of the molecule is CC(C)OC1C=C(c2ccccc2)[Se]c2ccccc21. The molecule has 0 aliphatic carbocycles. The van der Waals surface area contributed by atoms with E-state index in [2.05, 4.69) is 74.5 Å². The number of hydrogen-bond donors (Lipinski definition) is 0. The third-order valence-electron chi connectivity index (χ3n) is 3.23. The number of hydrogen-bond acceptors (Lipinski definition) is 1. The molecule has 0 amide bonds. The van der Waals surface area contributed by atoms with Crippen molar-refractivity contribution in [1.82, 2.24) is 0 Å². The number of rotatable bonds is 3. The molecule has 0 radical (unpaired) electrons. The van der Waals surface area contributed by atoms with Gasteiger partial charge in [0.2, 0.25) is 0 Å². The number of benzene rings is 2. The Morgan fingerprint density at radius 3 is 2.40 bits per heavy atom. The van der Waals surface area contributed by atoms with Gasteiger partial charge in [-0.2, -0.15) is 0 Å². The monoisotopic (exact) mass is 330 g/mol. The van der Waals surface area contributed by atoms with E-state index >= 15 is 0 Å². The van der Waals surface area contributed by atoms with Gasteiger partial charge in [-0.3, -0.25) is 0 Å². The molecule has 2 aromatic carbocycles. The average Bonchev–Trinajstić information content (AvgIpc) is 2.47. The fourth-order valence-electron chi connectivity index (χ4n) is 2.35. The third kappa shape index (κ3) is 2.88. The van der Waals surface area contributed by atoms with Crippen LogP contribution in [0, 0.1) is 0 Å². The van der Waals surface area contributed by atoms with Gasteiger partial charge in [0.1, 0.15) is 0 Å². The van der Waals surface area contributed by atoms with Gasteiger partial charge in [0.25, 0.3) is 0 Å². The first-order valence-electron chi connectivity index (χ1n) is 6.93. The summed E-state index contributed by atoms with van der Waals surface area (Å²) in [4.78, 5) is 0. The molecule has 2 heteroatoms. The van der Waals surface area contributed by atoms with Gasteiger partial charge in [-0.1, -0.05) is 0 Å². The Hall–Kier alpha value is -1.34. The van der Waals surface area contributed by atoms with Crippen LogP contribution in [-0.4, -0.2) is 21.1 Å². The van der Waals surface area contributed by atoms with Crippen LogP contribution in [0.4, 0.5) is 0 Å². The molecule has 1 aliphatic heterocycles. The zero-order valence-corrected chi connectivity index (χ0v) is 13.5. The first kappa shape index (κ1) is 13.6. The Balaban J connectivity index is 2.00. The van der Waals surface area contributed by atoms with Crippen molar-refractivity contribution in [1.29, 1.82) is 0 Å². The molecule has 0 bridgehead atoms. The third-order valence-corrected chi connectivity index (χ3v) is 5.71. The summed E-state index contributed by atoms with van der Waals surface area (Å²) < 4.78 is 8.96. The summed E-state index contributed by atoms with van der Waals surface area (Å²) in [5, 5.41) is 0. The van der Waals surface area contributed by atoms with Crippen LogP contribution in [-0.2, 0) is 4.74 Å². The zero-order chi connectivity index (χ0) is 13.9. The molecular weight excluding hydrogens is 311 g/mol. The van der Waals surface area contributed by atoms with E-state index in [1.54, 1.807) is 0 Å². The molecule has 102 valence electrons. The van der Waals surface area contributed by atoms with Crippen LogP contribution in [0.3, 0.4) is 0 Å². The van der Waals surface area contributed by atoms with Gasteiger partial charge in [-0.15, -0.1) is 0 Å². The van der Waals surface area contributed by atoms with Crippen molar-refractivity contribution in [2.45, 2.75) is 26.1 Å². The zero-order valence-electron chi connectivity index (χ0n) is 11.7. The summed E-state index contributed by atoms with van der Waals surface area (Å²) in [7, 11) is 0. The van der Waals surface area contributed by atoms with Crippen molar-refractivity contribution in [3.8, 4) is 0 Å². The van der Waals surface area contributed by atoms with Crippen molar-refractivity contribution in [3.63, 3.8) is 0 Å². The summed E-state index contributed by atoms with van der Waals surface area (Å²) in [6.45, 7) is 4.19. The van der Waals surface area contributed by atoms with Gasteiger partial charge in [-0.05, 0) is 0 Å². The molecule has 0 spiro atoms. The summed E-state index contributed by atoms with van der Waals surface area (Å²) in [5.41, 5.74) is 2.65. The molecule has 0 saturated heterocycles. The van der Waals surface area contributed by atoms with Crippen LogP contribution in [0.2, 0.25) is 0 Å². The summed E-state index contributed by atoms with van der Waals surface area (Å²) in [5.74, 6) is 0. The molecule has 20 heavy (non-hydrogen) atoms. The van der Waals surface area contributed by atoms with Gasteiger partial charge in [0, 0.05) is 0 Å². The van der Waals surface area contributed by atoms with Gasteiger partial charge in [0.15, 0.2) is 0 Å².